The van der Waals surface area contributed by atoms with Gasteiger partial charge < -0.3 is 0 Å². The largest absolute Gasteiger partial charge is 0.103 e. The zero-order chi connectivity index (χ0) is 22.9. The van der Waals surface area contributed by atoms with Crippen molar-refractivity contribution in [3.63, 3.8) is 0 Å². The van der Waals surface area contributed by atoms with E-state index in [4.69, 9.17) is 0 Å². The zero-order valence-electron chi connectivity index (χ0n) is 21.7. The summed E-state index contributed by atoms with van der Waals surface area (Å²) in [7, 11) is 0. The molecule has 0 rings (SSSR count). The van der Waals surface area contributed by atoms with E-state index < -0.39 is 0 Å². The molecule has 0 bridgehead atoms. The molecule has 0 aromatic heterocycles. The fraction of sp³-hybridized carbons (Fsp3) is 0.667. The maximum absolute atomic E-state index is 3.95. The molecule has 0 aliphatic rings. The molecule has 0 saturated carbocycles. The number of rotatable bonds is 16. The average Bonchev–Trinajstić information content (AvgIpc) is 2.66. The lowest BCUT2D eigenvalue weighted by atomic mass is 9.89. The highest BCUT2D eigenvalue weighted by atomic mass is 14.1. The second-order valence-electron chi connectivity index (χ2n) is 10.1. The van der Waals surface area contributed by atoms with E-state index >= 15 is 0 Å². The first-order chi connectivity index (χ1) is 14.1. The summed E-state index contributed by atoms with van der Waals surface area (Å²) in [6.45, 7) is 22.2. The summed E-state index contributed by atoms with van der Waals surface area (Å²) in [4.78, 5) is 0. The Labute approximate surface area is 190 Å². The number of allylic oxidation sites excluding steroid dienone is 9. The number of hydrogen-bond donors (Lipinski definition) is 0. The van der Waals surface area contributed by atoms with E-state index in [9.17, 15) is 0 Å². The van der Waals surface area contributed by atoms with E-state index in [0.29, 0.717) is 11.8 Å². The summed E-state index contributed by atoms with van der Waals surface area (Å²) in [5.74, 6) is 2.06. The highest BCUT2D eigenvalue weighted by Gasteiger charge is 2.09. The third-order valence-corrected chi connectivity index (χ3v) is 6.01. The summed E-state index contributed by atoms with van der Waals surface area (Å²) in [6, 6.07) is 0. The molecule has 0 N–H and O–H groups in total. The minimum absolute atomic E-state index is 0.562. The molecule has 0 amide bonds. The van der Waals surface area contributed by atoms with Gasteiger partial charge in [0.2, 0.25) is 0 Å². The predicted molar refractivity (Wildman–Crippen MR) is 140 cm³/mol. The van der Waals surface area contributed by atoms with Crippen molar-refractivity contribution < 1.29 is 0 Å². The van der Waals surface area contributed by atoms with Crippen molar-refractivity contribution >= 4 is 0 Å². The van der Waals surface area contributed by atoms with Crippen LogP contribution in [-0.2, 0) is 0 Å². The molecule has 0 heteroatoms. The van der Waals surface area contributed by atoms with Crippen LogP contribution in [0.15, 0.2) is 59.3 Å². The summed E-state index contributed by atoms with van der Waals surface area (Å²) < 4.78 is 0. The molecule has 0 aliphatic heterocycles. The molecule has 2 atom stereocenters. The van der Waals surface area contributed by atoms with Crippen molar-refractivity contribution in [2.75, 3.05) is 0 Å². The molecule has 0 aliphatic carbocycles. The first-order valence-corrected chi connectivity index (χ1v) is 12.4. The normalized spacial score (nSPS) is 15.3. The topological polar surface area (TPSA) is 0 Å². The molecule has 0 fully saturated rings. The van der Waals surface area contributed by atoms with E-state index in [1.54, 1.807) is 5.57 Å². The van der Waals surface area contributed by atoms with E-state index in [1.807, 2.05) is 0 Å². The maximum atomic E-state index is 3.95. The Bertz CT molecular complexity index is 575. The van der Waals surface area contributed by atoms with Gasteiger partial charge in [-0.2, -0.15) is 0 Å². The Morgan fingerprint density at radius 1 is 0.767 bits per heavy atom. The molecule has 0 saturated heterocycles. The van der Waals surface area contributed by atoms with Crippen LogP contribution < -0.4 is 0 Å². The van der Waals surface area contributed by atoms with Gasteiger partial charge in [0, 0.05) is 0 Å². The third-order valence-electron chi connectivity index (χ3n) is 6.01. The molecule has 0 nitrogen and oxygen atoms in total. The van der Waals surface area contributed by atoms with Crippen LogP contribution >= 0.6 is 0 Å². The van der Waals surface area contributed by atoms with Gasteiger partial charge in [-0.15, -0.1) is 6.58 Å². The smallest absolute Gasteiger partial charge is 0.0134 e. The van der Waals surface area contributed by atoms with Gasteiger partial charge in [-0.05, 0) is 90.4 Å². The van der Waals surface area contributed by atoms with Crippen LogP contribution in [0.3, 0.4) is 0 Å². The number of hydrogen-bond acceptors (Lipinski definition) is 0. The van der Waals surface area contributed by atoms with Crippen LogP contribution in [-0.4, -0.2) is 0 Å². The summed E-state index contributed by atoms with van der Waals surface area (Å²) >= 11 is 0. The van der Waals surface area contributed by atoms with Crippen molar-refractivity contribution in [3.05, 3.63) is 59.3 Å². The van der Waals surface area contributed by atoms with Crippen LogP contribution in [0, 0.1) is 17.8 Å². The van der Waals surface area contributed by atoms with Crippen molar-refractivity contribution in [2.24, 2.45) is 17.8 Å². The standard InChI is InChI=1S/C30H52/c1-10-26(6)20-22-30(29(9)19-12-15-25(4)5)23-21-28(8)18-13-17-27(7)16-11-14-24(2)3/h10,14,17,21-22,25-26,29H,1,11-13,15-16,18-20,23H2,2-9H3/b27-17+,28-21+,30-22+. The predicted octanol–water partition coefficient (Wildman–Crippen LogP) is 10.4. The molecule has 0 aromatic rings. The second-order valence-corrected chi connectivity index (χ2v) is 10.1. The van der Waals surface area contributed by atoms with E-state index in [1.165, 1.54) is 61.7 Å². The lowest BCUT2D eigenvalue weighted by Gasteiger charge is -2.17. The molecule has 0 radical (unpaired) electrons. The van der Waals surface area contributed by atoms with Gasteiger partial charge in [0.1, 0.15) is 0 Å². The first kappa shape index (κ1) is 28.7. The Hall–Kier alpha value is -1.30. The van der Waals surface area contributed by atoms with Gasteiger partial charge in [-0.1, -0.05) is 93.2 Å². The van der Waals surface area contributed by atoms with E-state index in [0.717, 1.165) is 18.8 Å². The third kappa shape index (κ3) is 16.5. The second kappa shape index (κ2) is 17.4. The van der Waals surface area contributed by atoms with Crippen molar-refractivity contribution in [3.8, 4) is 0 Å². The summed E-state index contributed by atoms with van der Waals surface area (Å²) in [6.07, 6.45) is 22.8. The van der Waals surface area contributed by atoms with Crippen LogP contribution in [0.4, 0.5) is 0 Å². The Kier molecular flexibility index (Phi) is 16.6. The zero-order valence-corrected chi connectivity index (χ0v) is 21.7. The van der Waals surface area contributed by atoms with Gasteiger partial charge in [-0.3, -0.25) is 0 Å². The van der Waals surface area contributed by atoms with Crippen LogP contribution in [0.5, 0.6) is 0 Å². The summed E-state index contributed by atoms with van der Waals surface area (Å²) in [5.41, 5.74) is 6.10. The monoisotopic (exact) mass is 412 g/mol. The molecule has 30 heavy (non-hydrogen) atoms. The van der Waals surface area contributed by atoms with Gasteiger partial charge in [-0.25, -0.2) is 0 Å². The Morgan fingerprint density at radius 2 is 1.37 bits per heavy atom. The highest BCUT2D eigenvalue weighted by Crippen LogP contribution is 2.25. The molecule has 0 spiro atoms. The van der Waals surface area contributed by atoms with Gasteiger partial charge >= 0.3 is 0 Å². The van der Waals surface area contributed by atoms with Crippen molar-refractivity contribution in [1.82, 2.24) is 0 Å². The first-order valence-electron chi connectivity index (χ1n) is 12.4. The summed E-state index contributed by atoms with van der Waals surface area (Å²) in [5, 5.41) is 0. The molecule has 172 valence electrons. The molecule has 0 heterocycles. The van der Waals surface area contributed by atoms with Crippen molar-refractivity contribution in [2.45, 2.75) is 113 Å². The highest BCUT2D eigenvalue weighted by molar-refractivity contribution is 5.15. The molecule has 0 aromatic carbocycles. The lowest BCUT2D eigenvalue weighted by Crippen LogP contribution is -2.02. The van der Waals surface area contributed by atoms with E-state index in [2.05, 4.69) is 92.3 Å². The van der Waals surface area contributed by atoms with Gasteiger partial charge in [0.15, 0.2) is 0 Å². The van der Waals surface area contributed by atoms with Gasteiger partial charge in [0.25, 0.3) is 0 Å². The Morgan fingerprint density at radius 3 is 1.93 bits per heavy atom. The van der Waals surface area contributed by atoms with Gasteiger partial charge in [0.05, 0.1) is 0 Å². The van der Waals surface area contributed by atoms with Crippen LogP contribution in [0.25, 0.3) is 0 Å². The fourth-order valence-corrected chi connectivity index (χ4v) is 3.57. The van der Waals surface area contributed by atoms with Crippen molar-refractivity contribution in [1.29, 1.82) is 0 Å². The minimum Gasteiger partial charge on any atom is -0.103 e. The molecular weight excluding hydrogens is 360 g/mol. The Balaban J connectivity index is 4.74. The lowest BCUT2D eigenvalue weighted by molar-refractivity contribution is 0.487. The van der Waals surface area contributed by atoms with Crippen LogP contribution in [0.1, 0.15) is 113 Å². The minimum atomic E-state index is 0.562. The van der Waals surface area contributed by atoms with Crippen LogP contribution in [0.2, 0.25) is 0 Å². The SMILES string of the molecule is C=CC(C)C/C=C(\C/C=C(\C)CC/C=C(\C)CCC=C(C)C)C(C)CCCC(C)C. The van der Waals surface area contributed by atoms with E-state index in [-0.39, 0.29) is 0 Å². The quantitative estimate of drug-likeness (QED) is 0.221. The fourth-order valence-electron chi connectivity index (χ4n) is 3.57. The maximum Gasteiger partial charge on any atom is -0.0134 e. The average molecular weight is 413 g/mol. The molecule has 2 unspecified atom stereocenters. The molecular formula is C30H52.